The molecule has 1 aliphatic heterocycles. The van der Waals surface area contributed by atoms with Gasteiger partial charge in [-0.1, -0.05) is 23.8 Å². The van der Waals surface area contributed by atoms with Crippen molar-refractivity contribution in [1.82, 2.24) is 19.9 Å². The molecule has 1 fully saturated rings. The van der Waals surface area contributed by atoms with Gasteiger partial charge in [0.1, 0.15) is 29.0 Å². The van der Waals surface area contributed by atoms with Crippen LogP contribution >= 0.6 is 0 Å². The number of nitrogens with one attached hydrogen (secondary N) is 1. The fourth-order valence-electron chi connectivity index (χ4n) is 3.40. The van der Waals surface area contributed by atoms with Crippen molar-refractivity contribution in [2.75, 3.05) is 43.0 Å². The van der Waals surface area contributed by atoms with Crippen molar-refractivity contribution < 1.29 is 9.53 Å². The molecule has 4 rings (SSSR count). The monoisotopic (exact) mass is 418 g/mol. The number of carbonyl (C=O) groups excluding carboxylic acids is 1. The predicted molar refractivity (Wildman–Crippen MR) is 120 cm³/mol. The lowest BCUT2D eigenvalue weighted by molar-refractivity contribution is -0.133. The Morgan fingerprint density at radius 3 is 2.48 bits per heavy atom. The first kappa shape index (κ1) is 20.6. The van der Waals surface area contributed by atoms with Crippen molar-refractivity contribution in [3.8, 4) is 5.75 Å². The molecule has 1 N–H and O–H groups in total. The van der Waals surface area contributed by atoms with Gasteiger partial charge in [-0.05, 0) is 38.1 Å². The molecule has 0 saturated carbocycles. The molecule has 1 saturated heterocycles. The van der Waals surface area contributed by atoms with Crippen LogP contribution in [0.3, 0.4) is 0 Å². The Labute approximate surface area is 181 Å². The van der Waals surface area contributed by atoms with E-state index in [0.29, 0.717) is 43.6 Å². The van der Waals surface area contributed by atoms with Crippen LogP contribution in [0.4, 0.5) is 17.5 Å². The third kappa shape index (κ3) is 5.48. The van der Waals surface area contributed by atoms with Crippen LogP contribution in [-0.4, -0.2) is 58.5 Å². The molecule has 1 aromatic carbocycles. The second-order valence-electron chi connectivity index (χ2n) is 7.47. The molecule has 1 amide bonds. The van der Waals surface area contributed by atoms with Gasteiger partial charge in [0.2, 0.25) is 0 Å². The first-order chi connectivity index (χ1) is 15.1. The molecular weight excluding hydrogens is 392 g/mol. The number of amides is 1. The first-order valence-corrected chi connectivity index (χ1v) is 10.3. The zero-order valence-electron chi connectivity index (χ0n) is 17.8. The van der Waals surface area contributed by atoms with Crippen LogP contribution in [0.25, 0.3) is 0 Å². The third-order valence-corrected chi connectivity index (χ3v) is 5.09. The first-order valence-electron chi connectivity index (χ1n) is 10.3. The maximum absolute atomic E-state index is 12.5. The zero-order chi connectivity index (χ0) is 21.6. The van der Waals surface area contributed by atoms with Gasteiger partial charge in [0.15, 0.2) is 6.61 Å². The van der Waals surface area contributed by atoms with E-state index >= 15 is 0 Å². The summed E-state index contributed by atoms with van der Waals surface area (Å²) < 4.78 is 5.64. The van der Waals surface area contributed by atoms with Crippen LogP contribution in [0.5, 0.6) is 5.75 Å². The highest BCUT2D eigenvalue weighted by molar-refractivity contribution is 5.78. The minimum absolute atomic E-state index is 0.00315. The van der Waals surface area contributed by atoms with Crippen LogP contribution in [0.15, 0.2) is 54.7 Å². The summed E-state index contributed by atoms with van der Waals surface area (Å²) in [4.78, 5) is 29.9. The van der Waals surface area contributed by atoms with E-state index in [1.165, 1.54) is 0 Å². The average molecular weight is 419 g/mol. The molecule has 3 aromatic rings. The van der Waals surface area contributed by atoms with E-state index in [1.807, 2.05) is 67.3 Å². The molecule has 31 heavy (non-hydrogen) atoms. The van der Waals surface area contributed by atoms with E-state index < -0.39 is 0 Å². The molecule has 0 unspecified atom stereocenters. The molecule has 0 aliphatic carbocycles. The Hall–Kier alpha value is -3.68. The van der Waals surface area contributed by atoms with E-state index in [9.17, 15) is 4.79 Å². The smallest absolute Gasteiger partial charge is 0.260 e. The van der Waals surface area contributed by atoms with E-state index in [1.54, 1.807) is 6.20 Å². The van der Waals surface area contributed by atoms with Crippen LogP contribution in [0.2, 0.25) is 0 Å². The number of ether oxygens (including phenoxy) is 1. The molecule has 0 atom stereocenters. The van der Waals surface area contributed by atoms with E-state index in [2.05, 4.69) is 25.2 Å². The highest BCUT2D eigenvalue weighted by atomic mass is 16.5. The van der Waals surface area contributed by atoms with Crippen molar-refractivity contribution in [3.63, 3.8) is 0 Å². The van der Waals surface area contributed by atoms with Gasteiger partial charge in [-0.2, -0.15) is 0 Å². The molecule has 8 nitrogen and oxygen atoms in total. The number of anilines is 3. The average Bonchev–Trinajstić information content (AvgIpc) is 2.79. The number of carbonyl (C=O) groups is 1. The maximum atomic E-state index is 12.5. The molecule has 3 heterocycles. The third-order valence-electron chi connectivity index (χ3n) is 5.09. The summed E-state index contributed by atoms with van der Waals surface area (Å²) >= 11 is 0. The molecule has 0 spiro atoms. The lowest BCUT2D eigenvalue weighted by Crippen LogP contribution is -2.50. The normalized spacial score (nSPS) is 13.7. The number of hydrogen-bond donors (Lipinski definition) is 1. The van der Waals surface area contributed by atoms with Gasteiger partial charge in [0.05, 0.1) is 0 Å². The number of aryl methyl sites for hydroxylation is 2. The Bertz CT molecular complexity index is 1020. The number of pyridine rings is 1. The highest BCUT2D eigenvalue weighted by Crippen LogP contribution is 2.20. The Morgan fingerprint density at radius 1 is 1.00 bits per heavy atom. The molecule has 0 radical (unpaired) electrons. The quantitative estimate of drug-likeness (QED) is 0.659. The minimum Gasteiger partial charge on any atom is -0.484 e. The van der Waals surface area contributed by atoms with Crippen LogP contribution in [-0.2, 0) is 4.79 Å². The number of rotatable bonds is 6. The molecular formula is C23H26N6O2. The van der Waals surface area contributed by atoms with E-state index in [-0.39, 0.29) is 12.5 Å². The molecule has 8 heteroatoms. The van der Waals surface area contributed by atoms with Crippen molar-refractivity contribution in [2.24, 2.45) is 0 Å². The van der Waals surface area contributed by atoms with Gasteiger partial charge >= 0.3 is 0 Å². The molecule has 0 bridgehead atoms. The summed E-state index contributed by atoms with van der Waals surface area (Å²) in [6.07, 6.45) is 1.73. The summed E-state index contributed by atoms with van der Waals surface area (Å²) in [6, 6.07) is 15.3. The topological polar surface area (TPSA) is 83.5 Å². The Balaban J connectivity index is 1.32. The highest BCUT2D eigenvalue weighted by Gasteiger charge is 2.23. The summed E-state index contributed by atoms with van der Waals surface area (Å²) in [6.45, 7) is 6.60. The minimum atomic E-state index is -0.00315. The van der Waals surface area contributed by atoms with Crippen molar-refractivity contribution in [2.45, 2.75) is 13.8 Å². The number of benzene rings is 1. The largest absolute Gasteiger partial charge is 0.484 e. The number of aromatic nitrogens is 3. The van der Waals surface area contributed by atoms with Crippen LogP contribution < -0.4 is 15.0 Å². The van der Waals surface area contributed by atoms with Gasteiger partial charge in [-0.25, -0.2) is 15.0 Å². The standard InChI is InChI=1S/C23H26N6O2/c1-17-6-8-19(9-7-17)31-16-23(30)29-13-11-28(12-14-29)22-15-21(25-18(2)26-22)27-20-5-3-4-10-24-20/h3-10,15H,11-14,16H2,1-2H3,(H,24,25,26,27). The van der Waals surface area contributed by atoms with Crippen molar-refractivity contribution in [1.29, 1.82) is 0 Å². The van der Waals surface area contributed by atoms with Gasteiger partial charge in [0, 0.05) is 38.4 Å². The van der Waals surface area contributed by atoms with E-state index in [4.69, 9.17) is 4.74 Å². The maximum Gasteiger partial charge on any atom is 0.260 e. The fourth-order valence-corrected chi connectivity index (χ4v) is 3.40. The fraction of sp³-hybridized carbons (Fsp3) is 0.304. The van der Waals surface area contributed by atoms with Gasteiger partial charge in [-0.3, -0.25) is 4.79 Å². The second-order valence-corrected chi connectivity index (χ2v) is 7.47. The molecule has 2 aromatic heterocycles. The summed E-state index contributed by atoms with van der Waals surface area (Å²) in [5, 5.41) is 3.22. The number of hydrogen-bond acceptors (Lipinski definition) is 7. The van der Waals surface area contributed by atoms with E-state index in [0.717, 1.165) is 17.2 Å². The van der Waals surface area contributed by atoms with Crippen LogP contribution in [0.1, 0.15) is 11.4 Å². The number of piperazine rings is 1. The van der Waals surface area contributed by atoms with Gasteiger partial charge in [-0.15, -0.1) is 0 Å². The predicted octanol–water partition coefficient (Wildman–Crippen LogP) is 2.96. The van der Waals surface area contributed by atoms with Crippen LogP contribution in [0, 0.1) is 13.8 Å². The number of nitrogens with zero attached hydrogens (tertiary/aromatic N) is 5. The lowest BCUT2D eigenvalue weighted by atomic mass is 10.2. The SMILES string of the molecule is Cc1ccc(OCC(=O)N2CCN(c3cc(Nc4ccccn4)nc(C)n3)CC2)cc1. The summed E-state index contributed by atoms with van der Waals surface area (Å²) in [5.74, 6) is 3.66. The molecule has 1 aliphatic rings. The van der Waals surface area contributed by atoms with Gasteiger partial charge in [0.25, 0.3) is 5.91 Å². The summed E-state index contributed by atoms with van der Waals surface area (Å²) in [5.41, 5.74) is 1.16. The Morgan fingerprint density at radius 2 is 1.77 bits per heavy atom. The lowest BCUT2D eigenvalue weighted by Gasteiger charge is -2.35. The van der Waals surface area contributed by atoms with Crippen molar-refractivity contribution in [3.05, 3.63) is 66.1 Å². The summed E-state index contributed by atoms with van der Waals surface area (Å²) in [7, 11) is 0. The van der Waals surface area contributed by atoms with Crippen molar-refractivity contribution >= 4 is 23.4 Å². The molecule has 160 valence electrons. The second kappa shape index (κ2) is 9.42. The Kier molecular flexibility index (Phi) is 6.26. The zero-order valence-corrected chi connectivity index (χ0v) is 17.8. The van der Waals surface area contributed by atoms with Gasteiger partial charge < -0.3 is 19.9 Å².